The van der Waals surface area contributed by atoms with Crippen molar-refractivity contribution in [2.75, 3.05) is 0 Å². The van der Waals surface area contributed by atoms with Gasteiger partial charge in [0.15, 0.2) is 0 Å². The molecule has 0 fully saturated rings. The van der Waals surface area contributed by atoms with Gasteiger partial charge in [-0.05, 0) is 6.92 Å². The molecule has 0 spiro atoms. The Balaban J connectivity index is 5.02. The fourth-order valence-corrected chi connectivity index (χ4v) is 3.02. The number of carboxylic acids is 1. The van der Waals surface area contributed by atoms with Crippen LogP contribution in [0.15, 0.2) is 0 Å². The van der Waals surface area contributed by atoms with Crippen LogP contribution in [0.2, 0.25) is 19.6 Å². The molecule has 5 heteroatoms. The molecule has 0 bridgehead atoms. The van der Waals surface area contributed by atoms with Gasteiger partial charge in [0.05, 0.1) is 14.2 Å². The summed E-state index contributed by atoms with van der Waals surface area (Å²) in [4.78, 5) is 10.9. The molecule has 0 rings (SSSR count). The minimum absolute atomic E-state index is 1.01. The van der Waals surface area contributed by atoms with Crippen molar-refractivity contribution in [3.63, 3.8) is 0 Å². The second-order valence-corrected chi connectivity index (χ2v) is 9.43. The zero-order valence-corrected chi connectivity index (χ0v) is 8.96. The molecule has 0 amide bonds. The van der Waals surface area contributed by atoms with Crippen LogP contribution in [0, 0.1) is 0 Å². The van der Waals surface area contributed by atoms with Gasteiger partial charge in [-0.25, -0.2) is 0 Å². The number of aliphatic carboxylic acids is 1. The number of carbonyl (C=O) groups is 1. The monoisotopic (exact) mass is 191 g/mol. The van der Waals surface area contributed by atoms with E-state index in [1.165, 1.54) is 6.92 Å². The molecule has 2 atom stereocenters. The Bertz CT molecular complexity index is 188. The summed E-state index contributed by atoms with van der Waals surface area (Å²) in [6, 6.07) is 0. The van der Waals surface area contributed by atoms with Crippen LogP contribution >= 0.6 is 0 Å². The van der Waals surface area contributed by atoms with Crippen LogP contribution in [0.3, 0.4) is 0 Å². The van der Waals surface area contributed by atoms with E-state index in [0.29, 0.717) is 0 Å². The van der Waals surface area contributed by atoms with Crippen molar-refractivity contribution in [3.05, 3.63) is 0 Å². The standard InChI is InChI=1S/C7H17NO3Si/c1-5(9)7(8,6(10)11)12(2,3)4/h5,9H,8H2,1-4H3,(H,10,11)/t5-,7-/m1/s1. The minimum Gasteiger partial charge on any atom is -0.480 e. The van der Waals surface area contributed by atoms with Crippen molar-refractivity contribution in [1.29, 1.82) is 0 Å². The average molecular weight is 191 g/mol. The molecule has 4 N–H and O–H groups in total. The highest BCUT2D eigenvalue weighted by molar-refractivity contribution is 6.82. The van der Waals surface area contributed by atoms with Gasteiger partial charge in [-0.15, -0.1) is 0 Å². The summed E-state index contributed by atoms with van der Waals surface area (Å²) in [5.74, 6) is -1.11. The number of carboxylic acid groups (broad SMARTS) is 1. The highest BCUT2D eigenvalue weighted by atomic mass is 28.3. The first-order chi connectivity index (χ1) is 5.14. The van der Waals surface area contributed by atoms with E-state index in [9.17, 15) is 9.90 Å². The summed E-state index contributed by atoms with van der Waals surface area (Å²) in [6.07, 6.45) is -1.01. The molecule has 72 valence electrons. The lowest BCUT2D eigenvalue weighted by atomic mass is 10.2. The Kier molecular flexibility index (Phi) is 3.05. The predicted octanol–water partition coefficient (Wildman–Crippen LogP) is 0.0267. The van der Waals surface area contributed by atoms with E-state index < -0.39 is 25.3 Å². The maximum absolute atomic E-state index is 10.9. The summed E-state index contributed by atoms with van der Waals surface area (Å²) < 4.78 is 0. The normalized spacial score (nSPS) is 19.8. The average Bonchev–Trinajstić information content (AvgIpc) is 1.82. The van der Waals surface area contributed by atoms with E-state index in [1.807, 2.05) is 19.6 Å². The molecule has 0 aromatic rings. The van der Waals surface area contributed by atoms with E-state index in [2.05, 4.69) is 0 Å². The lowest BCUT2D eigenvalue weighted by Gasteiger charge is -2.38. The maximum atomic E-state index is 10.9. The summed E-state index contributed by atoms with van der Waals surface area (Å²) in [5, 5.41) is 16.7. The third kappa shape index (κ3) is 1.68. The molecule has 0 aliphatic heterocycles. The van der Waals surface area contributed by atoms with Gasteiger partial charge < -0.3 is 15.9 Å². The Labute approximate surface area is 73.4 Å². The molecule has 0 aromatic carbocycles. The number of hydrogen-bond acceptors (Lipinski definition) is 3. The SMILES string of the molecule is C[C@@H](O)[C@](N)(C(=O)O)[Si](C)(C)C. The van der Waals surface area contributed by atoms with E-state index in [4.69, 9.17) is 10.8 Å². The lowest BCUT2D eigenvalue weighted by Crippen LogP contribution is -2.70. The number of aliphatic hydroxyl groups is 1. The second kappa shape index (κ2) is 3.16. The van der Waals surface area contributed by atoms with Gasteiger partial charge in [-0.2, -0.15) is 0 Å². The number of aliphatic hydroxyl groups excluding tert-OH is 1. The molecule has 0 aromatic heterocycles. The van der Waals surface area contributed by atoms with E-state index in [-0.39, 0.29) is 0 Å². The van der Waals surface area contributed by atoms with Crippen LogP contribution in [-0.4, -0.2) is 35.5 Å². The quantitative estimate of drug-likeness (QED) is 0.549. The fourth-order valence-electron chi connectivity index (χ4n) is 1.13. The summed E-state index contributed by atoms with van der Waals surface area (Å²) in [7, 11) is -2.11. The van der Waals surface area contributed by atoms with E-state index in [1.54, 1.807) is 0 Å². The third-order valence-electron chi connectivity index (χ3n) is 2.25. The molecule has 0 unspecified atom stereocenters. The van der Waals surface area contributed by atoms with Crippen LogP contribution < -0.4 is 5.73 Å². The maximum Gasteiger partial charge on any atom is 0.323 e. The molecule has 0 aliphatic carbocycles. The fraction of sp³-hybridized carbons (Fsp3) is 0.857. The zero-order chi connectivity index (χ0) is 10.2. The Hall–Kier alpha value is -0.393. The van der Waals surface area contributed by atoms with Crippen LogP contribution in [-0.2, 0) is 4.79 Å². The van der Waals surface area contributed by atoms with Crippen LogP contribution in [0.1, 0.15) is 6.92 Å². The molecular weight excluding hydrogens is 174 g/mol. The molecule has 12 heavy (non-hydrogen) atoms. The van der Waals surface area contributed by atoms with Crippen molar-refractivity contribution in [2.45, 2.75) is 37.8 Å². The van der Waals surface area contributed by atoms with Crippen LogP contribution in [0.5, 0.6) is 0 Å². The third-order valence-corrected chi connectivity index (χ3v) is 5.37. The first-order valence-electron chi connectivity index (χ1n) is 3.84. The van der Waals surface area contributed by atoms with Crippen LogP contribution in [0.25, 0.3) is 0 Å². The molecule has 0 saturated heterocycles. The first-order valence-corrected chi connectivity index (χ1v) is 7.34. The molecule has 0 aliphatic rings. The van der Waals surface area contributed by atoms with Gasteiger partial charge >= 0.3 is 5.97 Å². The Morgan fingerprint density at radius 3 is 1.83 bits per heavy atom. The van der Waals surface area contributed by atoms with Crippen molar-refractivity contribution < 1.29 is 15.0 Å². The van der Waals surface area contributed by atoms with Crippen molar-refractivity contribution in [3.8, 4) is 0 Å². The van der Waals surface area contributed by atoms with Gasteiger partial charge in [-0.3, -0.25) is 4.79 Å². The van der Waals surface area contributed by atoms with Gasteiger partial charge in [0, 0.05) is 0 Å². The predicted molar refractivity (Wildman–Crippen MR) is 49.6 cm³/mol. The molecule has 4 nitrogen and oxygen atoms in total. The summed E-state index contributed by atoms with van der Waals surface area (Å²) in [5.41, 5.74) is 5.67. The van der Waals surface area contributed by atoms with Gasteiger partial charge in [0.1, 0.15) is 5.16 Å². The first kappa shape index (κ1) is 11.6. The Morgan fingerprint density at radius 1 is 1.50 bits per heavy atom. The molecule has 0 radical (unpaired) electrons. The van der Waals surface area contributed by atoms with Crippen LogP contribution in [0.4, 0.5) is 0 Å². The summed E-state index contributed by atoms with van der Waals surface area (Å²) >= 11 is 0. The minimum atomic E-state index is -2.11. The smallest absolute Gasteiger partial charge is 0.323 e. The summed E-state index contributed by atoms with van der Waals surface area (Å²) in [6.45, 7) is 6.90. The largest absolute Gasteiger partial charge is 0.480 e. The van der Waals surface area contributed by atoms with Crippen molar-refractivity contribution in [1.82, 2.24) is 0 Å². The van der Waals surface area contributed by atoms with Crippen molar-refractivity contribution in [2.24, 2.45) is 5.73 Å². The lowest BCUT2D eigenvalue weighted by molar-refractivity contribution is -0.143. The van der Waals surface area contributed by atoms with E-state index >= 15 is 0 Å². The van der Waals surface area contributed by atoms with Gasteiger partial charge in [0.2, 0.25) is 0 Å². The van der Waals surface area contributed by atoms with Crippen molar-refractivity contribution >= 4 is 14.0 Å². The highest BCUT2D eigenvalue weighted by Crippen LogP contribution is 2.22. The molecule has 0 heterocycles. The van der Waals surface area contributed by atoms with E-state index in [0.717, 1.165) is 0 Å². The molecule has 0 saturated carbocycles. The topological polar surface area (TPSA) is 83.5 Å². The van der Waals surface area contributed by atoms with Gasteiger partial charge in [0.25, 0.3) is 0 Å². The highest BCUT2D eigenvalue weighted by Gasteiger charge is 2.50. The number of nitrogens with two attached hydrogens (primary N) is 1. The number of rotatable bonds is 3. The second-order valence-electron chi connectivity index (χ2n) is 4.10. The molecular formula is C7H17NO3Si. The number of hydrogen-bond donors (Lipinski definition) is 3. The van der Waals surface area contributed by atoms with Gasteiger partial charge in [-0.1, -0.05) is 19.6 Å². The zero-order valence-electron chi connectivity index (χ0n) is 7.96. The Morgan fingerprint density at radius 2 is 1.83 bits per heavy atom.